The number of nitrogens with one attached hydrogen (secondary N) is 1. The fourth-order valence-electron chi connectivity index (χ4n) is 2.89. The van der Waals surface area contributed by atoms with Gasteiger partial charge in [0.2, 0.25) is 0 Å². The maximum Gasteiger partial charge on any atom is 0.134 e. The summed E-state index contributed by atoms with van der Waals surface area (Å²) in [6, 6.07) is 2.10. The Morgan fingerprint density at radius 3 is 2.79 bits per heavy atom. The van der Waals surface area contributed by atoms with Gasteiger partial charge in [0, 0.05) is 24.2 Å². The van der Waals surface area contributed by atoms with Crippen LogP contribution in [-0.2, 0) is 6.42 Å². The predicted molar refractivity (Wildman–Crippen MR) is 80.6 cm³/mol. The summed E-state index contributed by atoms with van der Waals surface area (Å²) >= 11 is 0. The van der Waals surface area contributed by atoms with Gasteiger partial charge in [-0.25, -0.2) is 9.97 Å². The molecule has 1 fully saturated rings. The lowest BCUT2D eigenvalue weighted by molar-refractivity contribution is 0.335. The molecule has 2 unspecified atom stereocenters. The van der Waals surface area contributed by atoms with Crippen LogP contribution in [0.3, 0.4) is 0 Å². The number of hydrogen-bond acceptors (Lipinski definition) is 3. The first-order valence-electron chi connectivity index (χ1n) is 7.84. The van der Waals surface area contributed by atoms with Gasteiger partial charge in [-0.2, -0.15) is 0 Å². The monoisotopic (exact) mass is 261 g/mol. The molecule has 0 amide bonds. The Bertz CT molecular complexity index is 403. The molecule has 106 valence electrons. The van der Waals surface area contributed by atoms with E-state index in [4.69, 9.17) is 9.97 Å². The fraction of sp³-hybridized carbons (Fsp3) is 0.750. The van der Waals surface area contributed by atoms with Crippen LogP contribution in [0.1, 0.15) is 70.3 Å². The highest BCUT2D eigenvalue weighted by Gasteiger charge is 2.23. The Labute approximate surface area is 117 Å². The molecule has 1 N–H and O–H groups in total. The van der Waals surface area contributed by atoms with Gasteiger partial charge in [0.05, 0.1) is 0 Å². The maximum absolute atomic E-state index is 4.77. The number of rotatable bonds is 5. The van der Waals surface area contributed by atoms with Gasteiger partial charge in [0.15, 0.2) is 0 Å². The first kappa shape index (κ1) is 14.3. The number of aryl methyl sites for hydroxylation is 1. The first-order chi connectivity index (χ1) is 9.22. The van der Waals surface area contributed by atoms with Gasteiger partial charge in [-0.05, 0) is 31.6 Å². The summed E-state index contributed by atoms with van der Waals surface area (Å²) in [4.78, 5) is 9.52. The van der Waals surface area contributed by atoms with Crippen molar-refractivity contribution in [1.82, 2.24) is 9.97 Å². The molecule has 0 bridgehead atoms. The molecule has 0 saturated heterocycles. The molecule has 1 aromatic heterocycles. The highest BCUT2D eigenvalue weighted by Crippen LogP contribution is 2.34. The molecule has 2 atom stereocenters. The summed E-state index contributed by atoms with van der Waals surface area (Å²) in [5, 5.41) is 3.41. The van der Waals surface area contributed by atoms with Crippen LogP contribution in [0.15, 0.2) is 6.07 Å². The van der Waals surface area contributed by atoms with Crippen LogP contribution in [0.5, 0.6) is 0 Å². The summed E-state index contributed by atoms with van der Waals surface area (Å²) in [5.41, 5.74) is 1.17. The lowest BCUT2D eigenvalue weighted by Gasteiger charge is -2.26. The van der Waals surface area contributed by atoms with Crippen LogP contribution in [0.25, 0.3) is 0 Å². The van der Waals surface area contributed by atoms with Crippen LogP contribution < -0.4 is 5.32 Å². The minimum absolute atomic E-state index is 0.567. The molecule has 1 aromatic rings. The van der Waals surface area contributed by atoms with Crippen LogP contribution >= 0.6 is 0 Å². The minimum Gasteiger partial charge on any atom is -0.370 e. The molecular weight excluding hydrogens is 234 g/mol. The number of anilines is 1. The molecule has 0 radical (unpaired) electrons. The largest absolute Gasteiger partial charge is 0.370 e. The van der Waals surface area contributed by atoms with Gasteiger partial charge in [-0.15, -0.1) is 0 Å². The van der Waals surface area contributed by atoms with Gasteiger partial charge in [-0.3, -0.25) is 0 Å². The third-order valence-corrected chi connectivity index (χ3v) is 4.02. The van der Waals surface area contributed by atoms with Crippen molar-refractivity contribution in [2.75, 3.05) is 11.9 Å². The highest BCUT2D eigenvalue weighted by molar-refractivity contribution is 5.36. The van der Waals surface area contributed by atoms with E-state index >= 15 is 0 Å². The van der Waals surface area contributed by atoms with Gasteiger partial charge in [0.25, 0.3) is 0 Å². The Balaban J connectivity index is 2.17. The van der Waals surface area contributed by atoms with Crippen molar-refractivity contribution in [2.45, 2.75) is 65.2 Å². The first-order valence-corrected chi connectivity index (χ1v) is 7.84. The second kappa shape index (κ2) is 6.88. The van der Waals surface area contributed by atoms with Gasteiger partial charge in [0.1, 0.15) is 11.6 Å². The highest BCUT2D eigenvalue weighted by atomic mass is 15.0. The molecule has 1 heterocycles. The average Bonchev–Trinajstić information content (AvgIpc) is 2.44. The smallest absolute Gasteiger partial charge is 0.134 e. The van der Waals surface area contributed by atoms with Crippen molar-refractivity contribution in [3.05, 3.63) is 17.6 Å². The Morgan fingerprint density at radius 2 is 2.11 bits per heavy atom. The van der Waals surface area contributed by atoms with Crippen molar-refractivity contribution < 1.29 is 0 Å². The van der Waals surface area contributed by atoms with Crippen LogP contribution in [0, 0.1) is 5.92 Å². The second-order valence-corrected chi connectivity index (χ2v) is 5.85. The Morgan fingerprint density at radius 1 is 1.26 bits per heavy atom. The van der Waals surface area contributed by atoms with Gasteiger partial charge < -0.3 is 5.32 Å². The van der Waals surface area contributed by atoms with Crippen LogP contribution in [-0.4, -0.2) is 16.5 Å². The van der Waals surface area contributed by atoms with E-state index in [1.54, 1.807) is 0 Å². The van der Waals surface area contributed by atoms with E-state index in [2.05, 4.69) is 32.2 Å². The summed E-state index contributed by atoms with van der Waals surface area (Å²) in [7, 11) is 0. The molecule has 0 aliphatic heterocycles. The van der Waals surface area contributed by atoms with Gasteiger partial charge in [-0.1, -0.05) is 33.6 Å². The van der Waals surface area contributed by atoms with Gasteiger partial charge >= 0.3 is 0 Å². The minimum atomic E-state index is 0.567. The van der Waals surface area contributed by atoms with E-state index in [1.165, 1.54) is 31.4 Å². The van der Waals surface area contributed by atoms with E-state index in [0.717, 1.165) is 36.9 Å². The standard InChI is InChI=1S/C16H27N3/c1-4-9-17-15-11-14(5-2)18-16(19-15)13-8-6-7-12(3)10-13/h11-13H,4-10H2,1-3H3,(H,17,18,19). The third-order valence-electron chi connectivity index (χ3n) is 4.02. The molecule has 3 heteroatoms. The molecule has 19 heavy (non-hydrogen) atoms. The molecule has 0 spiro atoms. The average molecular weight is 261 g/mol. The number of hydrogen-bond donors (Lipinski definition) is 1. The van der Waals surface area contributed by atoms with Crippen molar-refractivity contribution in [3.63, 3.8) is 0 Å². The topological polar surface area (TPSA) is 37.8 Å². The van der Waals surface area contributed by atoms with Crippen LogP contribution in [0.2, 0.25) is 0 Å². The Kier molecular flexibility index (Phi) is 5.17. The van der Waals surface area contributed by atoms with E-state index in [1.807, 2.05) is 0 Å². The molecular formula is C16H27N3. The quantitative estimate of drug-likeness (QED) is 0.865. The normalized spacial score (nSPS) is 23.3. The van der Waals surface area contributed by atoms with Crippen molar-refractivity contribution >= 4 is 5.82 Å². The molecule has 1 aliphatic carbocycles. The summed E-state index contributed by atoms with van der Waals surface area (Å²) in [6.45, 7) is 7.69. The summed E-state index contributed by atoms with van der Waals surface area (Å²) < 4.78 is 0. The fourth-order valence-corrected chi connectivity index (χ4v) is 2.89. The van der Waals surface area contributed by atoms with E-state index in [9.17, 15) is 0 Å². The number of nitrogens with zero attached hydrogens (tertiary/aromatic N) is 2. The zero-order valence-corrected chi connectivity index (χ0v) is 12.6. The zero-order valence-electron chi connectivity index (χ0n) is 12.6. The van der Waals surface area contributed by atoms with Crippen molar-refractivity contribution in [2.24, 2.45) is 5.92 Å². The third kappa shape index (κ3) is 3.92. The molecule has 3 nitrogen and oxygen atoms in total. The molecule has 1 aliphatic rings. The van der Waals surface area contributed by atoms with Crippen molar-refractivity contribution in [1.29, 1.82) is 0 Å². The summed E-state index contributed by atoms with van der Waals surface area (Å²) in [5.74, 6) is 3.48. The summed E-state index contributed by atoms with van der Waals surface area (Å²) in [6.07, 6.45) is 7.30. The SMILES string of the molecule is CCCNc1cc(CC)nc(C2CCCC(C)C2)n1. The lowest BCUT2D eigenvalue weighted by Crippen LogP contribution is -2.16. The molecule has 1 saturated carbocycles. The zero-order chi connectivity index (χ0) is 13.7. The predicted octanol–water partition coefficient (Wildman–Crippen LogP) is 4.15. The van der Waals surface area contributed by atoms with Crippen molar-refractivity contribution in [3.8, 4) is 0 Å². The van der Waals surface area contributed by atoms with E-state index < -0.39 is 0 Å². The second-order valence-electron chi connectivity index (χ2n) is 5.85. The molecule has 2 rings (SSSR count). The molecule has 0 aromatic carbocycles. The van der Waals surface area contributed by atoms with E-state index in [-0.39, 0.29) is 0 Å². The van der Waals surface area contributed by atoms with Crippen LogP contribution in [0.4, 0.5) is 5.82 Å². The number of aromatic nitrogens is 2. The Hall–Kier alpha value is -1.12. The lowest BCUT2D eigenvalue weighted by atomic mass is 9.82. The van der Waals surface area contributed by atoms with E-state index in [0.29, 0.717) is 5.92 Å². The maximum atomic E-state index is 4.77.